The summed E-state index contributed by atoms with van der Waals surface area (Å²) in [6.45, 7) is 13.1. The highest BCUT2D eigenvalue weighted by atomic mass is 16.5. The Kier molecular flexibility index (Phi) is 22.8. The molecule has 5 heteroatoms. The minimum atomic E-state index is 0.701. The van der Waals surface area contributed by atoms with E-state index in [1.165, 1.54) is 15.7 Å². The van der Waals surface area contributed by atoms with Crippen LogP contribution in [-0.2, 0) is 0 Å². The Hall–Kier alpha value is -0.460. The molecule has 1 aliphatic heterocycles. The Morgan fingerprint density at radius 2 is 1.60 bits per heavy atom. The van der Waals surface area contributed by atoms with Crippen LogP contribution >= 0.6 is 0 Å². The van der Waals surface area contributed by atoms with Crippen molar-refractivity contribution in [2.24, 2.45) is 0 Å². The second-order valence-corrected chi connectivity index (χ2v) is 4.41. The summed E-state index contributed by atoms with van der Waals surface area (Å²) in [5, 5.41) is 20.0. The van der Waals surface area contributed by atoms with Gasteiger partial charge < -0.3 is 15.3 Å². The summed E-state index contributed by atoms with van der Waals surface area (Å²) >= 11 is 0. The maximum atomic E-state index is 8.87. The maximum Gasteiger partial charge on any atom is 0.0445 e. The molecule has 2 N–H and O–H groups in total. The number of nitrogens with zero attached hydrogens (tertiary/aromatic N) is 3. The van der Waals surface area contributed by atoms with Gasteiger partial charge in [-0.3, -0.25) is 0 Å². The van der Waals surface area contributed by atoms with Crippen LogP contribution in [0.3, 0.4) is 0 Å². The van der Waals surface area contributed by atoms with Gasteiger partial charge in [-0.1, -0.05) is 39.3 Å². The van der Waals surface area contributed by atoms with E-state index in [2.05, 4.69) is 6.08 Å². The fourth-order valence-corrected chi connectivity index (χ4v) is 1.24. The molecule has 0 atom stereocenters. The molecule has 1 rings (SSSR count). The van der Waals surface area contributed by atoms with Crippen molar-refractivity contribution in [2.45, 2.75) is 41.0 Å². The minimum absolute atomic E-state index is 0.701. The molecular formula is C15H37N3O2. The number of hydrogen-bond acceptors (Lipinski definition) is 5. The third kappa shape index (κ3) is 22.7. The van der Waals surface area contributed by atoms with Crippen LogP contribution in [0.15, 0.2) is 11.6 Å². The summed E-state index contributed by atoms with van der Waals surface area (Å²) in [4.78, 5) is 2.02. The predicted molar refractivity (Wildman–Crippen MR) is 87.4 cm³/mol. The molecule has 1 aliphatic rings. The maximum absolute atomic E-state index is 8.87. The van der Waals surface area contributed by atoms with Crippen molar-refractivity contribution in [3.05, 3.63) is 11.6 Å². The summed E-state index contributed by atoms with van der Waals surface area (Å²) in [6, 6.07) is 0. The van der Waals surface area contributed by atoms with Crippen LogP contribution in [0.4, 0.5) is 0 Å². The molecule has 0 spiro atoms. The van der Waals surface area contributed by atoms with Gasteiger partial charge in [0.1, 0.15) is 0 Å². The molecule has 0 aromatic heterocycles. The number of rotatable bonds is 3. The van der Waals surface area contributed by atoms with E-state index in [0.29, 0.717) is 6.54 Å². The van der Waals surface area contributed by atoms with E-state index in [9.17, 15) is 0 Å². The standard InChI is InChI=1S/C6H11NO.C5H14N2O.2C2H6/c1-6-3-2-4-7(8)5-6;1-6(2)4-5-7(3)8;2*1-2/h3,8H,2,4-5H2,1H3;8H,4-5H2,1-3H3;2*1-2H3. The largest absolute Gasteiger partial charge is 0.314 e. The van der Waals surface area contributed by atoms with Crippen LogP contribution in [0, 0.1) is 0 Å². The van der Waals surface area contributed by atoms with Gasteiger partial charge in [-0.25, -0.2) is 0 Å². The molecule has 0 aromatic carbocycles. The van der Waals surface area contributed by atoms with Gasteiger partial charge in [0.25, 0.3) is 0 Å². The minimum Gasteiger partial charge on any atom is -0.314 e. The first-order valence-electron chi connectivity index (χ1n) is 7.56. The Bertz CT molecular complexity index is 199. The summed E-state index contributed by atoms with van der Waals surface area (Å²) in [5.41, 5.74) is 1.26. The lowest BCUT2D eigenvalue weighted by molar-refractivity contribution is -0.0843. The van der Waals surface area contributed by atoms with Crippen molar-refractivity contribution in [1.82, 2.24) is 15.0 Å². The van der Waals surface area contributed by atoms with Crippen LogP contribution in [0.1, 0.15) is 41.0 Å². The van der Waals surface area contributed by atoms with Crippen molar-refractivity contribution in [2.75, 3.05) is 47.3 Å². The van der Waals surface area contributed by atoms with Crippen molar-refractivity contribution in [3.8, 4) is 0 Å². The lowest BCUT2D eigenvalue weighted by Gasteiger charge is -2.18. The summed E-state index contributed by atoms with van der Waals surface area (Å²) < 4.78 is 0. The highest BCUT2D eigenvalue weighted by Gasteiger charge is 2.04. The van der Waals surface area contributed by atoms with E-state index in [1.54, 1.807) is 7.05 Å². The highest BCUT2D eigenvalue weighted by molar-refractivity contribution is 5.02. The van der Waals surface area contributed by atoms with Gasteiger partial charge in [0.15, 0.2) is 0 Å². The van der Waals surface area contributed by atoms with Gasteiger partial charge in [-0.15, -0.1) is 0 Å². The van der Waals surface area contributed by atoms with Crippen LogP contribution in [-0.4, -0.2) is 72.8 Å². The monoisotopic (exact) mass is 291 g/mol. The Morgan fingerprint density at radius 1 is 1.10 bits per heavy atom. The first-order chi connectivity index (χ1) is 9.41. The van der Waals surface area contributed by atoms with Crippen molar-refractivity contribution in [1.29, 1.82) is 0 Å². The second-order valence-electron chi connectivity index (χ2n) is 4.41. The van der Waals surface area contributed by atoms with Crippen LogP contribution in [0.2, 0.25) is 0 Å². The number of hydrogen-bond donors (Lipinski definition) is 2. The fourth-order valence-electron chi connectivity index (χ4n) is 1.24. The number of likely N-dealkylation sites (N-methyl/N-ethyl adjacent to an activating group) is 2. The molecule has 0 amide bonds. The van der Waals surface area contributed by atoms with E-state index < -0.39 is 0 Å². The molecule has 0 aliphatic carbocycles. The van der Waals surface area contributed by atoms with Gasteiger partial charge >= 0.3 is 0 Å². The van der Waals surface area contributed by atoms with Gasteiger partial charge in [0, 0.05) is 33.2 Å². The van der Waals surface area contributed by atoms with E-state index in [4.69, 9.17) is 10.4 Å². The van der Waals surface area contributed by atoms with Crippen LogP contribution in [0.25, 0.3) is 0 Å². The van der Waals surface area contributed by atoms with Crippen LogP contribution < -0.4 is 0 Å². The first-order valence-corrected chi connectivity index (χ1v) is 7.56. The lowest BCUT2D eigenvalue weighted by atomic mass is 10.2. The van der Waals surface area contributed by atoms with E-state index >= 15 is 0 Å². The van der Waals surface area contributed by atoms with Gasteiger partial charge in [-0.05, 0) is 27.4 Å². The van der Waals surface area contributed by atoms with E-state index in [0.717, 1.165) is 26.1 Å². The summed E-state index contributed by atoms with van der Waals surface area (Å²) in [5.74, 6) is 0. The molecule has 1 heterocycles. The first kappa shape index (κ1) is 24.6. The summed E-state index contributed by atoms with van der Waals surface area (Å²) in [7, 11) is 5.59. The normalized spacial score (nSPS) is 14.3. The van der Waals surface area contributed by atoms with E-state index in [1.807, 2.05) is 53.6 Å². The highest BCUT2D eigenvalue weighted by Crippen LogP contribution is 2.04. The molecule has 20 heavy (non-hydrogen) atoms. The molecule has 0 aromatic rings. The number of hydroxylamine groups is 4. The molecule has 0 saturated heterocycles. The van der Waals surface area contributed by atoms with E-state index in [-0.39, 0.29) is 0 Å². The Balaban J connectivity index is -0.000000231. The van der Waals surface area contributed by atoms with Gasteiger partial charge in [0.2, 0.25) is 0 Å². The molecule has 124 valence electrons. The molecule has 0 bridgehead atoms. The van der Waals surface area contributed by atoms with Crippen molar-refractivity contribution < 1.29 is 10.4 Å². The molecule has 0 saturated carbocycles. The molecular weight excluding hydrogens is 254 g/mol. The quantitative estimate of drug-likeness (QED) is 0.618. The second kappa shape index (κ2) is 18.5. The van der Waals surface area contributed by atoms with Gasteiger partial charge in [-0.2, -0.15) is 10.1 Å². The topological polar surface area (TPSA) is 50.2 Å². The molecule has 0 radical (unpaired) electrons. The Morgan fingerprint density at radius 3 is 1.80 bits per heavy atom. The fraction of sp³-hybridized carbons (Fsp3) is 0.867. The van der Waals surface area contributed by atoms with Crippen LogP contribution in [0.5, 0.6) is 0 Å². The molecule has 5 nitrogen and oxygen atoms in total. The Labute approximate surface area is 126 Å². The summed E-state index contributed by atoms with van der Waals surface area (Å²) in [6.07, 6.45) is 3.15. The third-order valence-corrected chi connectivity index (χ3v) is 2.18. The average molecular weight is 291 g/mol. The molecule has 0 unspecified atom stereocenters. The molecule has 0 fully saturated rings. The zero-order valence-electron chi connectivity index (χ0n) is 14.8. The smallest absolute Gasteiger partial charge is 0.0445 e. The van der Waals surface area contributed by atoms with Crippen molar-refractivity contribution in [3.63, 3.8) is 0 Å². The third-order valence-electron chi connectivity index (χ3n) is 2.18. The lowest BCUT2D eigenvalue weighted by Crippen LogP contribution is -2.25. The average Bonchev–Trinajstić information content (AvgIpc) is 2.41. The SMILES string of the molecule is CC.CC.CC1=CCCN(O)C1.CN(C)CCN(C)O. The van der Waals surface area contributed by atoms with Gasteiger partial charge in [0.05, 0.1) is 0 Å². The van der Waals surface area contributed by atoms with Crippen molar-refractivity contribution >= 4 is 0 Å². The predicted octanol–water partition coefficient (Wildman–Crippen LogP) is 2.95. The zero-order valence-corrected chi connectivity index (χ0v) is 14.8. The zero-order chi connectivity index (χ0) is 16.6.